The summed E-state index contributed by atoms with van der Waals surface area (Å²) in [4.78, 5) is 10.0. The molecule has 0 bridgehead atoms. The Kier molecular flexibility index (Phi) is 2.66. The summed E-state index contributed by atoms with van der Waals surface area (Å²) < 4.78 is 0. The highest BCUT2D eigenvalue weighted by molar-refractivity contribution is 5.69. The maximum atomic E-state index is 10.7. The van der Waals surface area contributed by atoms with Crippen LogP contribution in [0.4, 0.5) is 5.69 Å². The molecular weight excluding hydrogens is 222 g/mol. The highest BCUT2D eigenvalue weighted by Gasteiger charge is 2.14. The maximum Gasteiger partial charge on any atom is 0.311 e. The number of nitrogens with zero attached hydrogens (tertiary/aromatic N) is 1. The van der Waals surface area contributed by atoms with Crippen LogP contribution in [0.2, 0.25) is 0 Å². The minimum atomic E-state index is -0.651. The molecule has 0 spiro atoms. The summed E-state index contributed by atoms with van der Waals surface area (Å²) >= 11 is 0. The van der Waals surface area contributed by atoms with Gasteiger partial charge in [0.15, 0.2) is 5.75 Å². The van der Waals surface area contributed by atoms with E-state index < -0.39 is 4.92 Å². The normalized spacial score (nSPS) is 10.1. The molecule has 17 heavy (non-hydrogen) atoms. The lowest BCUT2D eigenvalue weighted by Gasteiger charge is -2.03. The lowest BCUT2D eigenvalue weighted by molar-refractivity contribution is -0.385. The van der Waals surface area contributed by atoms with Crippen LogP contribution >= 0.6 is 0 Å². The predicted octanol–water partition coefficient (Wildman–Crippen LogP) is 2.67. The summed E-state index contributed by atoms with van der Waals surface area (Å²) in [6.45, 7) is 0. The van der Waals surface area contributed by atoms with Gasteiger partial charge in [-0.3, -0.25) is 10.1 Å². The molecule has 0 amide bonds. The first-order valence-electron chi connectivity index (χ1n) is 4.85. The third kappa shape index (κ3) is 2.17. The molecule has 0 aliphatic carbocycles. The molecule has 0 aliphatic heterocycles. The van der Waals surface area contributed by atoms with E-state index >= 15 is 0 Å². The van der Waals surface area contributed by atoms with Crippen LogP contribution in [0.15, 0.2) is 42.5 Å². The van der Waals surface area contributed by atoms with E-state index in [0.29, 0.717) is 11.1 Å². The van der Waals surface area contributed by atoms with E-state index in [1.54, 1.807) is 18.2 Å². The molecule has 5 nitrogen and oxygen atoms in total. The summed E-state index contributed by atoms with van der Waals surface area (Å²) in [5, 5.41) is 29.3. The second-order valence-corrected chi connectivity index (χ2v) is 3.51. The van der Waals surface area contributed by atoms with Crippen molar-refractivity contribution in [2.45, 2.75) is 0 Å². The standard InChI is InChI=1S/C12H9NO4/c14-10-3-1-2-8(6-10)9-4-5-12(15)11(7-9)13(16)17/h1-7,14-15H. The van der Waals surface area contributed by atoms with Gasteiger partial charge in [0.2, 0.25) is 0 Å². The number of nitro benzene ring substituents is 1. The first-order chi connectivity index (χ1) is 8.08. The number of phenols is 2. The first-order valence-corrected chi connectivity index (χ1v) is 4.85. The van der Waals surface area contributed by atoms with Gasteiger partial charge in [-0.25, -0.2) is 0 Å². The van der Waals surface area contributed by atoms with Crippen LogP contribution in [0.5, 0.6) is 11.5 Å². The van der Waals surface area contributed by atoms with E-state index in [4.69, 9.17) is 0 Å². The highest BCUT2D eigenvalue weighted by atomic mass is 16.6. The topological polar surface area (TPSA) is 83.6 Å². The zero-order valence-electron chi connectivity index (χ0n) is 8.70. The fourth-order valence-electron chi connectivity index (χ4n) is 1.53. The lowest BCUT2D eigenvalue weighted by Crippen LogP contribution is -1.89. The third-order valence-electron chi connectivity index (χ3n) is 2.35. The zero-order valence-corrected chi connectivity index (χ0v) is 8.70. The van der Waals surface area contributed by atoms with Crippen molar-refractivity contribution in [3.05, 3.63) is 52.6 Å². The molecule has 0 saturated heterocycles. The summed E-state index contributed by atoms with van der Waals surface area (Å²) in [6.07, 6.45) is 0. The molecule has 0 aromatic heterocycles. The van der Waals surface area contributed by atoms with Crippen molar-refractivity contribution in [2.24, 2.45) is 0 Å². The van der Waals surface area contributed by atoms with Crippen molar-refractivity contribution < 1.29 is 15.1 Å². The highest BCUT2D eigenvalue weighted by Crippen LogP contribution is 2.32. The van der Waals surface area contributed by atoms with E-state index in [9.17, 15) is 20.3 Å². The average molecular weight is 231 g/mol. The van der Waals surface area contributed by atoms with Gasteiger partial charge in [0.25, 0.3) is 0 Å². The van der Waals surface area contributed by atoms with Gasteiger partial charge in [-0.2, -0.15) is 0 Å². The minimum absolute atomic E-state index is 0.0817. The first kappa shape index (κ1) is 10.9. The molecule has 2 N–H and O–H groups in total. The van der Waals surface area contributed by atoms with Crippen molar-refractivity contribution in [1.82, 2.24) is 0 Å². The van der Waals surface area contributed by atoms with Crippen molar-refractivity contribution >= 4 is 5.69 Å². The van der Waals surface area contributed by atoms with Crippen LogP contribution in [0.3, 0.4) is 0 Å². The molecule has 0 fully saturated rings. The zero-order chi connectivity index (χ0) is 12.4. The molecule has 5 heteroatoms. The number of aromatic hydroxyl groups is 2. The quantitative estimate of drug-likeness (QED) is 0.614. The van der Waals surface area contributed by atoms with Crippen molar-refractivity contribution in [2.75, 3.05) is 0 Å². The molecule has 0 heterocycles. The van der Waals surface area contributed by atoms with Crippen LogP contribution in [-0.4, -0.2) is 15.1 Å². The summed E-state index contributed by atoms with van der Waals surface area (Å²) in [5.74, 6) is -0.294. The molecule has 2 aromatic carbocycles. The molecule has 0 saturated carbocycles. The smallest absolute Gasteiger partial charge is 0.311 e. The van der Waals surface area contributed by atoms with Crippen LogP contribution in [-0.2, 0) is 0 Å². The third-order valence-corrected chi connectivity index (χ3v) is 2.35. The van der Waals surface area contributed by atoms with E-state index in [2.05, 4.69) is 0 Å². The Labute approximate surface area is 96.7 Å². The van der Waals surface area contributed by atoms with Crippen molar-refractivity contribution in [3.8, 4) is 22.6 Å². The van der Waals surface area contributed by atoms with Crippen LogP contribution in [0.25, 0.3) is 11.1 Å². The van der Waals surface area contributed by atoms with Gasteiger partial charge < -0.3 is 10.2 Å². The van der Waals surface area contributed by atoms with Gasteiger partial charge in [0, 0.05) is 6.07 Å². The van der Waals surface area contributed by atoms with E-state index in [1.807, 2.05) is 0 Å². The second kappa shape index (κ2) is 4.13. The number of hydrogen-bond donors (Lipinski definition) is 2. The van der Waals surface area contributed by atoms with Gasteiger partial charge in [-0.15, -0.1) is 0 Å². The van der Waals surface area contributed by atoms with Crippen molar-refractivity contribution in [1.29, 1.82) is 0 Å². The molecular formula is C12H9NO4. The number of rotatable bonds is 2. The second-order valence-electron chi connectivity index (χ2n) is 3.51. The molecule has 0 aliphatic rings. The largest absolute Gasteiger partial charge is 0.508 e. The molecule has 0 atom stereocenters. The Morgan fingerprint density at radius 2 is 1.71 bits per heavy atom. The summed E-state index contributed by atoms with van der Waals surface area (Å²) in [5.41, 5.74) is 0.851. The molecule has 0 radical (unpaired) electrons. The number of hydrogen-bond acceptors (Lipinski definition) is 4. The Balaban J connectivity index is 2.54. The monoisotopic (exact) mass is 231 g/mol. The molecule has 2 aromatic rings. The molecule has 2 rings (SSSR count). The lowest BCUT2D eigenvalue weighted by atomic mass is 10.0. The average Bonchev–Trinajstić information content (AvgIpc) is 2.29. The Morgan fingerprint density at radius 1 is 1.00 bits per heavy atom. The Bertz CT molecular complexity index is 580. The summed E-state index contributed by atoms with van der Waals surface area (Å²) in [7, 11) is 0. The van der Waals surface area contributed by atoms with Gasteiger partial charge in [0.05, 0.1) is 4.92 Å². The fraction of sp³-hybridized carbons (Fsp3) is 0. The molecule has 0 unspecified atom stereocenters. The number of phenolic OH excluding ortho intramolecular Hbond substituents is 2. The van der Waals surface area contributed by atoms with Gasteiger partial charge >= 0.3 is 5.69 Å². The number of nitro groups is 1. The van der Waals surface area contributed by atoms with Gasteiger partial charge in [0.1, 0.15) is 5.75 Å². The van der Waals surface area contributed by atoms with Crippen LogP contribution < -0.4 is 0 Å². The van der Waals surface area contributed by atoms with E-state index in [1.165, 1.54) is 24.3 Å². The fourth-order valence-corrected chi connectivity index (χ4v) is 1.53. The Morgan fingerprint density at radius 3 is 2.35 bits per heavy atom. The van der Waals surface area contributed by atoms with Crippen molar-refractivity contribution in [3.63, 3.8) is 0 Å². The van der Waals surface area contributed by atoms with Gasteiger partial charge in [-0.05, 0) is 29.3 Å². The molecule has 86 valence electrons. The van der Waals surface area contributed by atoms with E-state index in [-0.39, 0.29) is 17.2 Å². The van der Waals surface area contributed by atoms with Crippen LogP contribution in [0, 0.1) is 10.1 Å². The maximum absolute atomic E-state index is 10.7. The Hall–Kier alpha value is -2.56. The summed E-state index contributed by atoms with van der Waals surface area (Å²) in [6, 6.07) is 10.5. The van der Waals surface area contributed by atoms with Crippen LogP contribution in [0.1, 0.15) is 0 Å². The predicted molar refractivity (Wildman–Crippen MR) is 61.9 cm³/mol. The van der Waals surface area contributed by atoms with E-state index in [0.717, 1.165) is 0 Å². The van der Waals surface area contributed by atoms with Gasteiger partial charge in [-0.1, -0.05) is 18.2 Å². The SMILES string of the molecule is O=[N+]([O-])c1cc(-c2cccc(O)c2)ccc1O. The number of benzene rings is 2. The minimum Gasteiger partial charge on any atom is -0.508 e.